The molecule has 3 nitrogen and oxygen atoms in total. The number of pyridine rings is 1. The lowest BCUT2D eigenvalue weighted by molar-refractivity contribution is 0.415. The SMILES string of the molecule is COc1ccc2nccc(C=CN(C)C)c2c1. The van der Waals surface area contributed by atoms with E-state index in [-0.39, 0.29) is 0 Å². The van der Waals surface area contributed by atoms with E-state index >= 15 is 0 Å². The summed E-state index contributed by atoms with van der Waals surface area (Å²) in [6.45, 7) is 0. The fourth-order valence-electron chi connectivity index (χ4n) is 1.65. The summed E-state index contributed by atoms with van der Waals surface area (Å²) < 4.78 is 5.24. The zero-order chi connectivity index (χ0) is 12.3. The number of aromatic nitrogens is 1. The number of benzene rings is 1. The molecule has 1 heterocycles. The van der Waals surface area contributed by atoms with Crippen molar-refractivity contribution in [3.8, 4) is 5.75 Å². The summed E-state index contributed by atoms with van der Waals surface area (Å²) in [7, 11) is 5.67. The predicted octanol–water partition coefficient (Wildman–Crippen LogP) is 2.78. The van der Waals surface area contributed by atoms with Gasteiger partial charge in [0.25, 0.3) is 0 Å². The van der Waals surface area contributed by atoms with Crippen molar-refractivity contribution in [2.75, 3.05) is 21.2 Å². The maximum absolute atomic E-state index is 5.24. The molecule has 0 fully saturated rings. The molecule has 17 heavy (non-hydrogen) atoms. The first-order valence-electron chi connectivity index (χ1n) is 5.48. The smallest absolute Gasteiger partial charge is 0.119 e. The number of hydrogen-bond acceptors (Lipinski definition) is 3. The van der Waals surface area contributed by atoms with Crippen molar-refractivity contribution in [2.24, 2.45) is 0 Å². The topological polar surface area (TPSA) is 25.4 Å². The molecule has 0 spiro atoms. The van der Waals surface area contributed by atoms with Gasteiger partial charge in [-0.3, -0.25) is 4.98 Å². The van der Waals surface area contributed by atoms with Crippen molar-refractivity contribution in [1.29, 1.82) is 0 Å². The molecule has 1 aromatic carbocycles. The zero-order valence-electron chi connectivity index (χ0n) is 10.3. The number of ether oxygens (including phenoxy) is 1. The van der Waals surface area contributed by atoms with Gasteiger partial charge in [-0.2, -0.15) is 0 Å². The highest BCUT2D eigenvalue weighted by Gasteiger charge is 2.01. The van der Waals surface area contributed by atoms with E-state index in [1.54, 1.807) is 7.11 Å². The van der Waals surface area contributed by atoms with Crippen LogP contribution in [0, 0.1) is 0 Å². The quantitative estimate of drug-likeness (QED) is 0.807. The van der Waals surface area contributed by atoms with E-state index in [2.05, 4.69) is 11.1 Å². The van der Waals surface area contributed by atoms with Gasteiger partial charge < -0.3 is 9.64 Å². The molecule has 1 aromatic heterocycles. The molecule has 0 saturated carbocycles. The number of nitrogens with zero attached hydrogens (tertiary/aromatic N) is 2. The van der Waals surface area contributed by atoms with Crippen LogP contribution in [0.2, 0.25) is 0 Å². The highest BCUT2D eigenvalue weighted by atomic mass is 16.5. The van der Waals surface area contributed by atoms with Crippen molar-refractivity contribution in [3.05, 3.63) is 42.2 Å². The van der Waals surface area contributed by atoms with Crippen LogP contribution in [0.1, 0.15) is 5.56 Å². The number of methoxy groups -OCH3 is 1. The van der Waals surface area contributed by atoms with Crippen LogP contribution in [0.3, 0.4) is 0 Å². The Hall–Kier alpha value is -2.03. The van der Waals surface area contributed by atoms with E-state index in [1.165, 1.54) is 0 Å². The summed E-state index contributed by atoms with van der Waals surface area (Å²) in [5.41, 5.74) is 2.12. The van der Waals surface area contributed by atoms with Crippen molar-refractivity contribution in [3.63, 3.8) is 0 Å². The highest BCUT2D eigenvalue weighted by Crippen LogP contribution is 2.23. The van der Waals surface area contributed by atoms with Crippen LogP contribution >= 0.6 is 0 Å². The molecule has 0 N–H and O–H groups in total. The second-order valence-corrected chi connectivity index (χ2v) is 4.06. The van der Waals surface area contributed by atoms with Gasteiger partial charge in [-0.1, -0.05) is 0 Å². The van der Waals surface area contributed by atoms with E-state index in [1.807, 2.05) is 55.7 Å². The van der Waals surface area contributed by atoms with E-state index in [9.17, 15) is 0 Å². The van der Waals surface area contributed by atoms with E-state index in [0.717, 1.165) is 22.2 Å². The monoisotopic (exact) mass is 228 g/mol. The van der Waals surface area contributed by atoms with E-state index < -0.39 is 0 Å². The van der Waals surface area contributed by atoms with Crippen LogP contribution < -0.4 is 4.74 Å². The van der Waals surface area contributed by atoms with Crippen LogP contribution in [0.15, 0.2) is 36.7 Å². The molecule has 88 valence electrons. The Morgan fingerprint density at radius 2 is 2.06 bits per heavy atom. The van der Waals surface area contributed by atoms with Crippen LogP contribution in [0.25, 0.3) is 17.0 Å². The molecule has 0 bridgehead atoms. The Kier molecular flexibility index (Phi) is 3.28. The Morgan fingerprint density at radius 1 is 1.24 bits per heavy atom. The van der Waals surface area contributed by atoms with Crippen LogP contribution in [-0.4, -0.2) is 31.1 Å². The molecule has 0 atom stereocenters. The molecule has 0 unspecified atom stereocenters. The van der Waals surface area contributed by atoms with Gasteiger partial charge >= 0.3 is 0 Å². The van der Waals surface area contributed by atoms with Crippen molar-refractivity contribution >= 4 is 17.0 Å². The molecule has 0 saturated heterocycles. The average molecular weight is 228 g/mol. The van der Waals surface area contributed by atoms with Gasteiger partial charge in [0.1, 0.15) is 5.75 Å². The summed E-state index contributed by atoms with van der Waals surface area (Å²) in [5, 5.41) is 1.10. The van der Waals surface area contributed by atoms with Crippen molar-refractivity contribution in [1.82, 2.24) is 9.88 Å². The standard InChI is InChI=1S/C14H16N2O/c1-16(2)9-7-11-6-8-15-14-5-4-12(17-3)10-13(11)14/h4-10H,1-3H3. The molecule has 0 aliphatic rings. The first kappa shape index (κ1) is 11.5. The first-order chi connectivity index (χ1) is 8.20. The Balaban J connectivity index is 2.54. The van der Waals surface area contributed by atoms with Gasteiger partial charge in [0.2, 0.25) is 0 Å². The van der Waals surface area contributed by atoms with Gasteiger partial charge in [0, 0.05) is 25.7 Å². The summed E-state index contributed by atoms with van der Waals surface area (Å²) in [6.07, 6.45) is 5.92. The molecule has 0 aliphatic carbocycles. The average Bonchev–Trinajstić information content (AvgIpc) is 2.35. The second-order valence-electron chi connectivity index (χ2n) is 4.06. The first-order valence-corrected chi connectivity index (χ1v) is 5.48. The molecule has 0 radical (unpaired) electrons. The van der Waals surface area contributed by atoms with Gasteiger partial charge in [-0.25, -0.2) is 0 Å². The normalized spacial score (nSPS) is 11.0. The maximum atomic E-state index is 5.24. The van der Waals surface area contributed by atoms with Crippen molar-refractivity contribution in [2.45, 2.75) is 0 Å². The second kappa shape index (κ2) is 4.87. The van der Waals surface area contributed by atoms with E-state index in [4.69, 9.17) is 4.74 Å². The van der Waals surface area contributed by atoms with E-state index in [0.29, 0.717) is 0 Å². The molecule has 0 amide bonds. The lowest BCUT2D eigenvalue weighted by Crippen LogP contribution is -1.99. The minimum Gasteiger partial charge on any atom is -0.497 e. The van der Waals surface area contributed by atoms with Gasteiger partial charge in [-0.05, 0) is 42.1 Å². The molecular formula is C14H16N2O. The fourth-order valence-corrected chi connectivity index (χ4v) is 1.65. The van der Waals surface area contributed by atoms with Crippen LogP contribution in [0.5, 0.6) is 5.75 Å². The fraction of sp³-hybridized carbons (Fsp3) is 0.214. The largest absolute Gasteiger partial charge is 0.497 e. The van der Waals surface area contributed by atoms with Crippen LogP contribution in [0.4, 0.5) is 0 Å². The Labute approximate surface area is 101 Å². The predicted molar refractivity (Wildman–Crippen MR) is 71.0 cm³/mol. The number of hydrogen-bond donors (Lipinski definition) is 0. The summed E-state index contributed by atoms with van der Waals surface area (Å²) in [6, 6.07) is 7.91. The number of rotatable bonds is 3. The highest BCUT2D eigenvalue weighted by molar-refractivity contribution is 5.88. The number of fused-ring (bicyclic) bond motifs is 1. The molecular weight excluding hydrogens is 212 g/mol. The minimum absolute atomic E-state index is 0.852. The molecule has 3 heteroatoms. The van der Waals surface area contributed by atoms with Crippen molar-refractivity contribution < 1.29 is 4.74 Å². The third-order valence-corrected chi connectivity index (χ3v) is 2.53. The third-order valence-electron chi connectivity index (χ3n) is 2.53. The zero-order valence-corrected chi connectivity index (χ0v) is 10.3. The lowest BCUT2D eigenvalue weighted by atomic mass is 10.1. The summed E-state index contributed by atoms with van der Waals surface area (Å²) in [4.78, 5) is 6.35. The maximum Gasteiger partial charge on any atom is 0.119 e. The minimum atomic E-state index is 0.852. The molecule has 0 aliphatic heterocycles. The Morgan fingerprint density at radius 3 is 2.76 bits per heavy atom. The molecule has 2 aromatic rings. The van der Waals surface area contributed by atoms with Gasteiger partial charge in [-0.15, -0.1) is 0 Å². The molecule has 2 rings (SSSR count). The summed E-state index contributed by atoms with van der Waals surface area (Å²) in [5.74, 6) is 0.852. The van der Waals surface area contributed by atoms with Gasteiger partial charge in [0.05, 0.1) is 12.6 Å². The third kappa shape index (κ3) is 2.56. The summed E-state index contributed by atoms with van der Waals surface area (Å²) >= 11 is 0. The Bertz CT molecular complexity index is 547. The van der Waals surface area contributed by atoms with Gasteiger partial charge in [0.15, 0.2) is 0 Å². The lowest BCUT2D eigenvalue weighted by Gasteiger charge is -2.06. The van der Waals surface area contributed by atoms with Crippen LogP contribution in [-0.2, 0) is 0 Å².